The number of hydrogen-bond donors (Lipinski definition) is 3. The number of fused-ring (bicyclic) bond motifs is 2. The fourth-order valence-corrected chi connectivity index (χ4v) is 4.85. The van der Waals surface area contributed by atoms with Crippen molar-refractivity contribution in [3.05, 3.63) is 47.3 Å². The standard InChI is InChI=1S/C17H21N5O3S/c23-17(15-8-12-4-1-2-5-16(12)26(24,25)21-15)19-10-13-9-14-11-18-6-3-7-22(14)20-13/h1-2,4-5,9,15,18,21H,3,6-8,10-11H2,(H,19,23)/t15-/m0/s1. The summed E-state index contributed by atoms with van der Waals surface area (Å²) in [4.78, 5) is 12.7. The molecule has 0 spiro atoms. The second-order valence-electron chi connectivity index (χ2n) is 6.58. The lowest BCUT2D eigenvalue weighted by Crippen LogP contribution is -2.50. The largest absolute Gasteiger partial charge is 0.349 e. The summed E-state index contributed by atoms with van der Waals surface area (Å²) in [5.41, 5.74) is 2.53. The molecule has 0 fully saturated rings. The van der Waals surface area contributed by atoms with Crippen molar-refractivity contribution in [2.75, 3.05) is 6.54 Å². The summed E-state index contributed by atoms with van der Waals surface area (Å²) in [6.45, 7) is 2.87. The van der Waals surface area contributed by atoms with Gasteiger partial charge in [0.25, 0.3) is 0 Å². The van der Waals surface area contributed by atoms with Gasteiger partial charge in [-0.15, -0.1) is 0 Å². The molecule has 1 aromatic heterocycles. The molecule has 8 nitrogen and oxygen atoms in total. The first-order valence-corrected chi connectivity index (χ1v) is 10.2. The maximum atomic E-state index is 12.5. The van der Waals surface area contributed by atoms with Gasteiger partial charge in [0.2, 0.25) is 15.9 Å². The minimum absolute atomic E-state index is 0.245. The summed E-state index contributed by atoms with van der Waals surface area (Å²) in [7, 11) is -3.66. The SMILES string of the molecule is O=C(NCc1cc2n(n1)CCCNC2)[C@@H]1Cc2ccccc2S(=O)(=O)N1. The Kier molecular flexibility index (Phi) is 4.51. The summed E-state index contributed by atoms with van der Waals surface area (Å²) in [5, 5.41) is 10.6. The highest BCUT2D eigenvalue weighted by Gasteiger charge is 2.33. The fourth-order valence-electron chi connectivity index (χ4n) is 3.40. The topological polar surface area (TPSA) is 105 Å². The Bertz CT molecular complexity index is 914. The number of nitrogens with one attached hydrogen (secondary N) is 3. The number of amides is 1. The molecule has 3 heterocycles. The van der Waals surface area contributed by atoms with E-state index in [2.05, 4.69) is 20.5 Å². The summed E-state index contributed by atoms with van der Waals surface area (Å²) in [6.07, 6.45) is 1.36. The lowest BCUT2D eigenvalue weighted by atomic mass is 10.1. The minimum atomic E-state index is -3.66. The molecule has 3 N–H and O–H groups in total. The van der Waals surface area contributed by atoms with Gasteiger partial charge in [0.1, 0.15) is 6.04 Å². The predicted molar refractivity (Wildman–Crippen MR) is 94.7 cm³/mol. The third-order valence-electron chi connectivity index (χ3n) is 4.69. The molecule has 0 unspecified atom stereocenters. The van der Waals surface area contributed by atoms with Crippen LogP contribution in [0.3, 0.4) is 0 Å². The zero-order valence-electron chi connectivity index (χ0n) is 14.2. The molecular formula is C17H21N5O3S. The van der Waals surface area contributed by atoms with Gasteiger partial charge >= 0.3 is 0 Å². The smallest absolute Gasteiger partial charge is 0.241 e. The Hall–Kier alpha value is -2.23. The first-order chi connectivity index (χ1) is 12.5. The highest BCUT2D eigenvalue weighted by Crippen LogP contribution is 2.22. The van der Waals surface area contributed by atoms with Crippen LogP contribution < -0.4 is 15.4 Å². The van der Waals surface area contributed by atoms with Crippen LogP contribution >= 0.6 is 0 Å². The number of benzene rings is 1. The lowest BCUT2D eigenvalue weighted by Gasteiger charge is -2.24. The van der Waals surface area contributed by atoms with Crippen molar-refractivity contribution in [1.29, 1.82) is 0 Å². The molecule has 2 aliphatic rings. The van der Waals surface area contributed by atoms with Crippen molar-refractivity contribution in [2.45, 2.75) is 43.4 Å². The van der Waals surface area contributed by atoms with Crippen molar-refractivity contribution in [2.24, 2.45) is 0 Å². The molecule has 0 aliphatic carbocycles. The van der Waals surface area contributed by atoms with E-state index >= 15 is 0 Å². The number of hydrogen-bond acceptors (Lipinski definition) is 5. The number of aromatic nitrogens is 2. The van der Waals surface area contributed by atoms with Crippen LogP contribution in [-0.4, -0.2) is 36.7 Å². The highest BCUT2D eigenvalue weighted by atomic mass is 32.2. The van der Waals surface area contributed by atoms with Gasteiger partial charge in [-0.2, -0.15) is 9.82 Å². The summed E-state index contributed by atoms with van der Waals surface area (Å²) < 4.78 is 29.1. The van der Waals surface area contributed by atoms with Crippen LogP contribution in [-0.2, 0) is 40.9 Å². The lowest BCUT2D eigenvalue weighted by molar-refractivity contribution is -0.122. The van der Waals surface area contributed by atoms with E-state index in [1.54, 1.807) is 24.3 Å². The van der Waals surface area contributed by atoms with Gasteiger partial charge in [-0.1, -0.05) is 18.2 Å². The normalized spacial score (nSPS) is 21.3. The van der Waals surface area contributed by atoms with Crippen LogP contribution in [0.5, 0.6) is 0 Å². The quantitative estimate of drug-likeness (QED) is 0.695. The molecule has 4 rings (SSSR count). The van der Waals surface area contributed by atoms with Crippen molar-refractivity contribution in [1.82, 2.24) is 25.1 Å². The Morgan fingerprint density at radius 2 is 2.19 bits per heavy atom. The minimum Gasteiger partial charge on any atom is -0.349 e. The summed E-state index contributed by atoms with van der Waals surface area (Å²) >= 11 is 0. The molecule has 138 valence electrons. The first kappa shape index (κ1) is 17.2. The average Bonchev–Trinajstić information content (AvgIpc) is 2.88. The zero-order valence-corrected chi connectivity index (χ0v) is 15.1. The summed E-state index contributed by atoms with van der Waals surface area (Å²) in [5.74, 6) is -0.343. The van der Waals surface area contributed by atoms with E-state index in [1.165, 1.54) is 0 Å². The van der Waals surface area contributed by atoms with Crippen LogP contribution in [0.25, 0.3) is 0 Å². The van der Waals surface area contributed by atoms with Gasteiger partial charge in [0.05, 0.1) is 22.8 Å². The number of carbonyl (C=O) groups excluding carboxylic acids is 1. The molecule has 26 heavy (non-hydrogen) atoms. The van der Waals surface area contributed by atoms with Crippen molar-refractivity contribution < 1.29 is 13.2 Å². The molecular weight excluding hydrogens is 354 g/mol. The molecule has 2 aromatic rings. The maximum Gasteiger partial charge on any atom is 0.241 e. The zero-order chi connectivity index (χ0) is 18.1. The third-order valence-corrected chi connectivity index (χ3v) is 6.26. The molecule has 0 saturated heterocycles. The number of sulfonamides is 1. The van der Waals surface area contributed by atoms with E-state index in [-0.39, 0.29) is 17.3 Å². The van der Waals surface area contributed by atoms with Gasteiger partial charge in [-0.05, 0) is 37.1 Å². The highest BCUT2D eigenvalue weighted by molar-refractivity contribution is 7.89. The molecule has 0 bridgehead atoms. The van der Waals surface area contributed by atoms with E-state index in [9.17, 15) is 13.2 Å². The second kappa shape index (κ2) is 6.82. The van der Waals surface area contributed by atoms with E-state index in [0.29, 0.717) is 12.0 Å². The molecule has 0 radical (unpaired) electrons. The Morgan fingerprint density at radius 1 is 1.35 bits per heavy atom. The monoisotopic (exact) mass is 375 g/mol. The molecule has 1 aromatic carbocycles. The number of nitrogens with zero attached hydrogens (tertiary/aromatic N) is 2. The van der Waals surface area contributed by atoms with E-state index in [4.69, 9.17) is 0 Å². The van der Waals surface area contributed by atoms with Gasteiger partial charge < -0.3 is 10.6 Å². The summed E-state index contributed by atoms with van der Waals surface area (Å²) in [6, 6.07) is 7.92. The van der Waals surface area contributed by atoms with Crippen LogP contribution in [0.2, 0.25) is 0 Å². The molecule has 1 amide bonds. The molecule has 1 atom stereocenters. The van der Waals surface area contributed by atoms with Gasteiger partial charge in [-0.25, -0.2) is 8.42 Å². The fraction of sp³-hybridized carbons (Fsp3) is 0.412. The Labute approximate surface area is 152 Å². The van der Waals surface area contributed by atoms with Crippen molar-refractivity contribution >= 4 is 15.9 Å². The van der Waals surface area contributed by atoms with Crippen molar-refractivity contribution in [3.63, 3.8) is 0 Å². The van der Waals surface area contributed by atoms with E-state index in [1.807, 2.05) is 10.7 Å². The van der Waals surface area contributed by atoms with Crippen LogP contribution in [0.1, 0.15) is 23.4 Å². The average molecular weight is 375 g/mol. The van der Waals surface area contributed by atoms with Gasteiger partial charge in [-0.3, -0.25) is 9.48 Å². The Balaban J connectivity index is 1.43. The number of aryl methyl sites for hydroxylation is 1. The molecule has 0 saturated carbocycles. The molecule has 9 heteroatoms. The number of rotatable bonds is 3. The van der Waals surface area contributed by atoms with Crippen LogP contribution in [0, 0.1) is 0 Å². The van der Waals surface area contributed by atoms with Gasteiger partial charge in [0, 0.05) is 13.1 Å². The van der Waals surface area contributed by atoms with E-state index in [0.717, 1.165) is 37.4 Å². The number of carbonyl (C=O) groups is 1. The first-order valence-electron chi connectivity index (χ1n) is 8.67. The van der Waals surface area contributed by atoms with Crippen LogP contribution in [0.15, 0.2) is 35.2 Å². The molecule has 2 aliphatic heterocycles. The van der Waals surface area contributed by atoms with Crippen LogP contribution in [0.4, 0.5) is 0 Å². The maximum absolute atomic E-state index is 12.5. The Morgan fingerprint density at radius 3 is 3.08 bits per heavy atom. The second-order valence-corrected chi connectivity index (χ2v) is 8.27. The van der Waals surface area contributed by atoms with E-state index < -0.39 is 16.1 Å². The predicted octanol–water partition coefficient (Wildman–Crippen LogP) is -0.104. The van der Waals surface area contributed by atoms with Crippen molar-refractivity contribution in [3.8, 4) is 0 Å². The third kappa shape index (κ3) is 3.37. The van der Waals surface area contributed by atoms with Gasteiger partial charge in [0.15, 0.2) is 0 Å².